The van der Waals surface area contributed by atoms with E-state index in [1.54, 1.807) is 0 Å². The Labute approximate surface area is 176 Å². The summed E-state index contributed by atoms with van der Waals surface area (Å²) in [6, 6.07) is 4.24. The highest BCUT2D eigenvalue weighted by atomic mass is 35.5. The number of ketones is 1. The maximum Gasteiger partial charge on any atom is 0.286 e. The van der Waals surface area contributed by atoms with Crippen molar-refractivity contribution in [2.24, 2.45) is 0 Å². The van der Waals surface area contributed by atoms with Crippen molar-refractivity contribution in [3.63, 3.8) is 0 Å². The van der Waals surface area contributed by atoms with Crippen LogP contribution in [0.15, 0.2) is 29.2 Å². The Morgan fingerprint density at radius 2 is 2.07 bits per heavy atom. The van der Waals surface area contributed by atoms with E-state index in [9.17, 15) is 22.8 Å². The average Bonchev–Trinajstić information content (AvgIpc) is 3.22. The van der Waals surface area contributed by atoms with Crippen molar-refractivity contribution in [1.29, 1.82) is 0 Å². The van der Waals surface area contributed by atoms with Gasteiger partial charge in [0.1, 0.15) is 4.34 Å². The molecule has 0 amide bonds. The fraction of sp³-hybridized carbons (Fsp3) is 0.211. The maximum absolute atomic E-state index is 13.7. The summed E-state index contributed by atoms with van der Waals surface area (Å²) in [6.45, 7) is 0.905. The van der Waals surface area contributed by atoms with Crippen LogP contribution in [0.3, 0.4) is 0 Å². The summed E-state index contributed by atoms with van der Waals surface area (Å²) in [4.78, 5) is 25.2. The third kappa shape index (κ3) is 5.35. The van der Waals surface area contributed by atoms with Crippen LogP contribution >= 0.6 is 34.5 Å². The molecule has 3 heterocycles. The third-order valence-electron chi connectivity index (χ3n) is 3.71. The topological polar surface area (TPSA) is 52.0 Å². The van der Waals surface area contributed by atoms with Gasteiger partial charge in [-0.3, -0.25) is 9.59 Å². The average molecular weight is 457 g/mol. The van der Waals surface area contributed by atoms with Gasteiger partial charge in [-0.1, -0.05) is 17.5 Å². The van der Waals surface area contributed by atoms with Gasteiger partial charge in [-0.15, -0.1) is 11.3 Å². The fourth-order valence-corrected chi connectivity index (χ4v) is 4.20. The van der Waals surface area contributed by atoms with Gasteiger partial charge >= 0.3 is 0 Å². The van der Waals surface area contributed by atoms with Crippen molar-refractivity contribution in [1.82, 2.24) is 8.94 Å². The molecule has 0 atom stereocenters. The minimum Gasteiger partial charge on any atom is -0.307 e. The van der Waals surface area contributed by atoms with Gasteiger partial charge in [0.2, 0.25) is 0 Å². The van der Waals surface area contributed by atoms with Crippen LogP contribution in [0.1, 0.15) is 31.4 Å². The number of halogens is 4. The second-order valence-corrected chi connectivity index (χ2v) is 8.48. The second kappa shape index (κ2) is 8.95. The van der Waals surface area contributed by atoms with Crippen molar-refractivity contribution in [3.8, 4) is 11.8 Å². The van der Waals surface area contributed by atoms with Crippen molar-refractivity contribution in [3.05, 3.63) is 71.5 Å². The molecular weight excluding hydrogens is 445 g/mol. The number of alkyl halides is 2. The Morgan fingerprint density at radius 1 is 1.31 bits per heavy atom. The number of rotatable bonds is 5. The van der Waals surface area contributed by atoms with E-state index in [-0.39, 0.29) is 17.8 Å². The number of aryl methyl sites for hydroxylation is 1. The number of Topliss-reactive ketones (excluding diaryl/α,β-unsaturated/α-hetero) is 1. The lowest BCUT2D eigenvalue weighted by atomic mass is 10.1. The number of pyridine rings is 1. The highest BCUT2D eigenvalue weighted by Gasteiger charge is 2.16. The molecule has 3 aromatic heterocycles. The first-order chi connectivity index (χ1) is 13.7. The Hall–Kier alpha value is -2.41. The van der Waals surface area contributed by atoms with Gasteiger partial charge in [-0.25, -0.2) is 13.2 Å². The first kappa shape index (κ1) is 21.3. The number of aromatic nitrogens is 2. The molecule has 0 aromatic carbocycles. The quantitative estimate of drug-likeness (QED) is 0.418. The molecule has 0 bridgehead atoms. The van der Waals surface area contributed by atoms with E-state index in [0.717, 1.165) is 34.2 Å². The van der Waals surface area contributed by atoms with Gasteiger partial charge in [0, 0.05) is 12.6 Å². The van der Waals surface area contributed by atoms with Crippen molar-refractivity contribution >= 4 is 40.3 Å². The van der Waals surface area contributed by atoms with E-state index < -0.39 is 24.3 Å². The highest BCUT2D eigenvalue weighted by molar-refractivity contribution is 7.18. The molecule has 4 nitrogen and oxygen atoms in total. The van der Waals surface area contributed by atoms with E-state index in [0.29, 0.717) is 19.3 Å². The number of thiophene rings is 1. The minimum atomic E-state index is -2.82. The molecule has 0 aliphatic heterocycles. The standard InChI is InChI=1S/C19H12ClF3N2O2S2/c1-10-4-13(29-24-10)3-2-12-7-16(28-18(12)20)15(26)6-11-5-14(21)19(27)25(8-11)9-17(22)23/h4-5,7-8,17H,6,9H2,1H3. The van der Waals surface area contributed by atoms with Crippen LogP contribution < -0.4 is 5.56 Å². The Morgan fingerprint density at radius 3 is 2.72 bits per heavy atom. The molecule has 0 saturated carbocycles. The normalized spacial score (nSPS) is 10.8. The molecular formula is C19H12ClF3N2O2S2. The zero-order chi connectivity index (χ0) is 21.1. The molecule has 0 spiro atoms. The lowest BCUT2D eigenvalue weighted by Gasteiger charge is -2.08. The van der Waals surface area contributed by atoms with Gasteiger partial charge in [0.05, 0.1) is 27.6 Å². The molecule has 0 unspecified atom stereocenters. The fourth-order valence-electron chi connectivity index (χ4n) is 2.45. The van der Waals surface area contributed by atoms with Gasteiger partial charge in [-0.05, 0) is 48.1 Å². The SMILES string of the molecule is Cc1cc(C#Cc2cc(C(=O)Cc3cc(F)c(=O)n(CC(F)F)c3)sc2Cl)sn1. The van der Waals surface area contributed by atoms with Crippen LogP contribution in [0.5, 0.6) is 0 Å². The molecule has 0 radical (unpaired) electrons. The van der Waals surface area contributed by atoms with E-state index in [2.05, 4.69) is 16.2 Å². The molecule has 0 aliphatic rings. The summed E-state index contributed by atoms with van der Waals surface area (Å²) < 4.78 is 43.9. The summed E-state index contributed by atoms with van der Waals surface area (Å²) in [5.74, 6) is 4.23. The number of carbonyl (C=O) groups excluding carboxylic acids is 1. The molecule has 150 valence electrons. The van der Waals surface area contributed by atoms with Crippen molar-refractivity contribution in [2.75, 3.05) is 0 Å². The zero-order valence-electron chi connectivity index (χ0n) is 14.8. The largest absolute Gasteiger partial charge is 0.307 e. The van der Waals surface area contributed by atoms with Crippen LogP contribution in [0.25, 0.3) is 0 Å². The predicted molar refractivity (Wildman–Crippen MR) is 107 cm³/mol. The molecule has 29 heavy (non-hydrogen) atoms. The molecule has 3 aromatic rings. The molecule has 0 N–H and O–H groups in total. The van der Waals surface area contributed by atoms with E-state index in [1.807, 2.05) is 13.0 Å². The first-order valence-electron chi connectivity index (χ1n) is 8.18. The maximum atomic E-state index is 13.7. The van der Waals surface area contributed by atoms with Gasteiger partial charge < -0.3 is 4.57 Å². The van der Waals surface area contributed by atoms with E-state index in [4.69, 9.17) is 11.6 Å². The number of carbonyl (C=O) groups is 1. The number of hydrogen-bond acceptors (Lipinski definition) is 5. The van der Waals surface area contributed by atoms with Crippen LogP contribution in [-0.4, -0.2) is 21.1 Å². The van der Waals surface area contributed by atoms with Crippen LogP contribution in [0.4, 0.5) is 13.2 Å². The molecule has 0 saturated heterocycles. The number of hydrogen-bond donors (Lipinski definition) is 0. The Bertz CT molecular complexity index is 1190. The lowest BCUT2D eigenvalue weighted by molar-refractivity contribution is 0.0996. The van der Waals surface area contributed by atoms with E-state index >= 15 is 0 Å². The van der Waals surface area contributed by atoms with Crippen LogP contribution in [-0.2, 0) is 13.0 Å². The Balaban J connectivity index is 1.81. The summed E-state index contributed by atoms with van der Waals surface area (Å²) in [6.07, 6.45) is -2.02. The first-order valence-corrected chi connectivity index (χ1v) is 10.1. The molecule has 0 aliphatic carbocycles. The minimum absolute atomic E-state index is 0.116. The van der Waals surface area contributed by atoms with Gasteiger partial charge in [0.15, 0.2) is 11.6 Å². The lowest BCUT2D eigenvalue weighted by Crippen LogP contribution is -2.26. The summed E-state index contributed by atoms with van der Waals surface area (Å²) >= 11 is 8.43. The van der Waals surface area contributed by atoms with Crippen LogP contribution in [0.2, 0.25) is 4.34 Å². The monoisotopic (exact) mass is 456 g/mol. The second-order valence-electron chi connectivity index (χ2n) is 6.03. The predicted octanol–water partition coefficient (Wildman–Crippen LogP) is 4.56. The molecule has 10 heteroatoms. The third-order valence-corrected chi connectivity index (χ3v) is 5.90. The van der Waals surface area contributed by atoms with Crippen molar-refractivity contribution in [2.45, 2.75) is 26.3 Å². The number of nitrogens with zero attached hydrogens (tertiary/aromatic N) is 2. The summed E-state index contributed by atoms with van der Waals surface area (Å²) in [5.41, 5.74) is 0.286. The smallest absolute Gasteiger partial charge is 0.286 e. The molecule has 0 fully saturated rings. The summed E-state index contributed by atoms with van der Waals surface area (Å²) in [7, 11) is 0. The van der Waals surface area contributed by atoms with E-state index in [1.165, 1.54) is 17.6 Å². The van der Waals surface area contributed by atoms with Gasteiger partial charge in [0.25, 0.3) is 12.0 Å². The van der Waals surface area contributed by atoms with Crippen LogP contribution in [0, 0.1) is 24.6 Å². The molecule has 3 rings (SSSR count). The van der Waals surface area contributed by atoms with Gasteiger partial charge in [-0.2, -0.15) is 4.37 Å². The zero-order valence-corrected chi connectivity index (χ0v) is 17.2. The summed E-state index contributed by atoms with van der Waals surface area (Å²) in [5, 5.41) is 0. The Kier molecular flexibility index (Phi) is 6.57. The highest BCUT2D eigenvalue weighted by Crippen LogP contribution is 2.28. The van der Waals surface area contributed by atoms with Crippen molar-refractivity contribution < 1.29 is 18.0 Å².